The van der Waals surface area contributed by atoms with Gasteiger partial charge in [0.25, 0.3) is 29.5 Å². The summed E-state index contributed by atoms with van der Waals surface area (Å²) in [5.74, 6) is -4.31. The summed E-state index contributed by atoms with van der Waals surface area (Å²) < 4.78 is 81.3. The van der Waals surface area contributed by atoms with Crippen molar-refractivity contribution in [2.75, 3.05) is 157 Å². The molecule has 0 saturated carbocycles. The van der Waals surface area contributed by atoms with Crippen molar-refractivity contribution in [3.05, 3.63) is 153 Å². The summed E-state index contributed by atoms with van der Waals surface area (Å²) in [6.07, 6.45) is 4.31. The van der Waals surface area contributed by atoms with Crippen LogP contribution in [-0.2, 0) is 82.9 Å². The van der Waals surface area contributed by atoms with Gasteiger partial charge in [-0.1, -0.05) is 23.7 Å². The zero-order chi connectivity index (χ0) is 91.0. The van der Waals surface area contributed by atoms with Crippen LogP contribution in [0.2, 0.25) is 5.02 Å². The van der Waals surface area contributed by atoms with Crippen molar-refractivity contribution in [1.29, 1.82) is 10.8 Å². The predicted octanol–water partition coefficient (Wildman–Crippen LogP) is 6.50. The minimum atomic E-state index is -4.48. The van der Waals surface area contributed by atoms with Crippen LogP contribution in [-0.4, -0.2) is 256 Å². The average molecular weight is 1790 g/mol. The molecule has 9 rings (SSSR count). The Morgan fingerprint density at radius 3 is 1.55 bits per heavy atom. The Kier molecular flexibility index (Phi) is 37.1. The first-order chi connectivity index (χ1) is 60.3. The number of halogens is 4. The number of aryl methyl sites for hydroxylation is 6. The van der Waals surface area contributed by atoms with Gasteiger partial charge in [-0.25, -0.2) is 15.0 Å². The summed E-state index contributed by atoms with van der Waals surface area (Å²) >= 11 is 7.70. The van der Waals surface area contributed by atoms with Crippen LogP contribution in [0.4, 0.5) is 46.9 Å². The van der Waals surface area contributed by atoms with Crippen LogP contribution in [0, 0.1) is 24.7 Å². The molecule has 10 amide bonds. The highest BCUT2D eigenvalue weighted by Crippen LogP contribution is 2.40. The van der Waals surface area contributed by atoms with Crippen molar-refractivity contribution in [2.24, 2.45) is 40.2 Å². The van der Waals surface area contributed by atoms with Crippen molar-refractivity contribution in [1.82, 2.24) is 69.3 Å². The van der Waals surface area contributed by atoms with Crippen LogP contribution >= 0.6 is 22.9 Å². The van der Waals surface area contributed by atoms with Crippen molar-refractivity contribution in [3.63, 3.8) is 0 Å². The molecular formula is C82H105ClF3N23O16S. The Morgan fingerprint density at radius 2 is 1.01 bits per heavy atom. The number of ether oxygens (including phenoxy) is 6. The third-order valence-corrected chi connectivity index (χ3v) is 20.5. The predicted molar refractivity (Wildman–Crippen MR) is 464 cm³/mol. The molecule has 126 heavy (non-hydrogen) atoms. The van der Waals surface area contributed by atoms with Gasteiger partial charge in [-0.05, 0) is 87.7 Å². The number of carbonyl (C=O) groups is 10. The molecule has 12 N–H and O–H groups in total. The number of aromatic nitrogens is 8. The third-order valence-electron chi connectivity index (χ3n) is 19.0. The smallest absolute Gasteiger partial charge is 0.401 e. The molecule has 1 atom stereocenters. The molecule has 44 heteroatoms. The van der Waals surface area contributed by atoms with E-state index in [-0.39, 0.29) is 187 Å². The van der Waals surface area contributed by atoms with Gasteiger partial charge in [0.15, 0.2) is 17.5 Å². The summed E-state index contributed by atoms with van der Waals surface area (Å²) in [6.45, 7) is 7.59. The second kappa shape index (κ2) is 48.1. The number of alkyl halides is 3. The number of nitrogens with one attached hydrogen (secondary N) is 12. The topological polar surface area (TPSA) is 476 Å². The zero-order valence-corrected chi connectivity index (χ0v) is 72.6. The van der Waals surface area contributed by atoms with Crippen LogP contribution in [0.1, 0.15) is 126 Å². The number of thiophene rings is 1. The first kappa shape index (κ1) is 97.3. The number of amidine groups is 2. The van der Waals surface area contributed by atoms with E-state index in [1.54, 1.807) is 86.3 Å². The molecule has 0 saturated heterocycles. The number of hydrogen-bond acceptors (Lipinski definition) is 24. The molecule has 0 bridgehead atoms. The minimum Gasteiger partial charge on any atom is -0.491 e. The second-order valence-corrected chi connectivity index (χ2v) is 30.6. The van der Waals surface area contributed by atoms with E-state index in [9.17, 15) is 61.1 Å². The fraction of sp³-hybridized carbons (Fsp3) is 0.439. The van der Waals surface area contributed by atoms with Gasteiger partial charge in [0.1, 0.15) is 46.5 Å². The van der Waals surface area contributed by atoms with Crippen molar-refractivity contribution in [2.45, 2.75) is 77.9 Å². The quantitative estimate of drug-likeness (QED) is 0.0110. The first-order valence-electron chi connectivity index (χ1n) is 40.3. The lowest BCUT2D eigenvalue weighted by atomic mass is 9.99. The Hall–Kier alpha value is -12.5. The molecule has 678 valence electrons. The third kappa shape index (κ3) is 30.4. The maximum absolute atomic E-state index is 13.5. The number of nitrogens with zero attached hydrogens (tertiary/aromatic N) is 11. The van der Waals surface area contributed by atoms with Crippen LogP contribution in [0.3, 0.4) is 0 Å². The maximum Gasteiger partial charge on any atom is 0.401 e. The number of benzene rings is 2. The normalized spacial score (nSPS) is 12.5. The van der Waals surface area contributed by atoms with E-state index in [4.69, 9.17) is 55.8 Å². The highest BCUT2D eigenvalue weighted by Gasteiger charge is 2.36. The van der Waals surface area contributed by atoms with E-state index >= 15 is 0 Å². The van der Waals surface area contributed by atoms with E-state index in [1.165, 1.54) is 85.5 Å². The Balaban J connectivity index is 0.537. The van der Waals surface area contributed by atoms with Gasteiger partial charge in [0.05, 0.1) is 96.1 Å². The van der Waals surface area contributed by atoms with Crippen LogP contribution in [0.15, 0.2) is 103 Å². The number of hydrogen-bond donors (Lipinski definition) is 12. The Labute approximate surface area is 732 Å². The fourth-order valence-corrected chi connectivity index (χ4v) is 14.1. The fourth-order valence-electron chi connectivity index (χ4n) is 12.7. The SMILES string of the molecule is CC(=N)N1C(=N)[C@H](CC(=O)Nc2ccc(OCCOCCOCCOCCOCCOCCC(=O)NCCCN(CCCNC(=O)CCNC(=O)c3cc(NC(=O)CCNC(=O)c4nc(NC(=O)c5nc(NC(=O)CCNC(=O)c6cc(NC(=O)c7nccn7C)cn6C)cn5C)cn4C)cn3C)CC(F)(F)F)cc2)N=C(c2ccc(Cl)cc2)c2c1sc(C)c2C. The molecule has 8 aromatic rings. The number of imidazole rings is 3. The standard InChI is InChI=1S/C82H105ClF3N23O16S/c1-51-52(2)126-81-70(51)71(54-11-13-55(83)14-12-54)98-60(72(88)109(81)53(3)87)45-69(114)95-56-15-17-59(18-16-56)125-42-41-124-40-39-123-38-37-122-36-35-121-34-33-120-32-22-66(111)90-24-10-30-108(50-82(84,85)86)29-9-23-89-65(110)19-25-92-76(115)61-43-57(46-104(61)5)96-67(112)20-27-94-78(117)74-101-64(49-106(74)7)102-80(119)75-100-63(48-107(75)8)99-68(113)21-26-93-77(116)62-44-58(47-105(62)6)97-79(118)73-91-28-31-103(73)4/h11-18,28,31,43-44,46-49,60,87-88H,9-10,19-27,29-30,32-42,45,50H2,1-8H3,(H,89,110)(H,90,111)(H,92,115)(H,93,116)(H,94,117)(H,95,114)(H,96,112)(H,97,118)(H,99,113)(H,102,119)/t60-/m0/s1. The van der Waals surface area contributed by atoms with Crippen molar-refractivity contribution >= 4 is 133 Å². The van der Waals surface area contributed by atoms with Gasteiger partial charge in [0, 0.05) is 171 Å². The number of fused-ring (bicyclic) bond motifs is 1. The molecule has 39 nitrogen and oxygen atoms in total. The Bertz CT molecular complexity index is 5150. The summed E-state index contributed by atoms with van der Waals surface area (Å²) in [5.41, 5.74) is 4.77. The monoisotopic (exact) mass is 1790 g/mol. The van der Waals surface area contributed by atoms with Gasteiger partial charge >= 0.3 is 6.18 Å². The lowest BCUT2D eigenvalue weighted by Gasteiger charge is -2.24. The highest BCUT2D eigenvalue weighted by atomic mass is 35.5. The Morgan fingerprint density at radius 1 is 0.524 bits per heavy atom. The molecule has 0 aliphatic carbocycles. The number of anilines is 6. The first-order valence-corrected chi connectivity index (χ1v) is 41.5. The summed E-state index contributed by atoms with van der Waals surface area (Å²) in [6, 6.07) is 16.2. The van der Waals surface area contributed by atoms with Crippen LogP contribution in [0.25, 0.3) is 0 Å². The van der Waals surface area contributed by atoms with Crippen molar-refractivity contribution in [3.8, 4) is 5.75 Å². The van der Waals surface area contributed by atoms with E-state index in [0.717, 1.165) is 21.6 Å². The molecular weight excluding hydrogens is 1690 g/mol. The van der Waals surface area contributed by atoms with Gasteiger partial charge in [-0.15, -0.1) is 11.3 Å². The van der Waals surface area contributed by atoms with Gasteiger partial charge in [-0.3, -0.25) is 73.6 Å². The van der Waals surface area contributed by atoms with Crippen LogP contribution < -0.4 is 62.8 Å². The lowest BCUT2D eigenvalue weighted by molar-refractivity contribution is -0.146. The van der Waals surface area contributed by atoms with E-state index in [2.05, 4.69) is 68.1 Å². The molecule has 0 fully saturated rings. The molecule has 6 aromatic heterocycles. The number of carbonyl (C=O) groups excluding carboxylic acids is 10. The largest absolute Gasteiger partial charge is 0.491 e. The minimum absolute atomic E-state index is 0.00704. The molecule has 0 spiro atoms. The second-order valence-electron chi connectivity index (χ2n) is 29.0. The number of amides is 10. The molecule has 2 aromatic carbocycles. The van der Waals surface area contributed by atoms with E-state index in [1.807, 2.05) is 26.0 Å². The van der Waals surface area contributed by atoms with Crippen molar-refractivity contribution < 1.29 is 89.5 Å². The summed E-state index contributed by atoms with van der Waals surface area (Å²) in [5, 5.41) is 45.7. The van der Waals surface area contributed by atoms with Gasteiger partial charge in [-0.2, -0.15) is 13.2 Å². The van der Waals surface area contributed by atoms with E-state index in [0.29, 0.717) is 79.1 Å². The number of aliphatic imine (C=N–C) groups is 1. The van der Waals surface area contributed by atoms with Gasteiger partial charge < -0.3 is 104 Å². The summed E-state index contributed by atoms with van der Waals surface area (Å²) in [4.78, 5) is 150. The molecule has 0 unspecified atom stereocenters. The molecule has 1 aliphatic heterocycles. The average Bonchev–Trinajstić information content (AvgIpc) is 1.60. The lowest BCUT2D eigenvalue weighted by Crippen LogP contribution is -2.41. The maximum atomic E-state index is 13.5. The molecule has 7 heterocycles. The molecule has 1 aliphatic rings. The zero-order valence-electron chi connectivity index (χ0n) is 71.1. The van der Waals surface area contributed by atoms with Crippen LogP contribution in [0.5, 0.6) is 5.75 Å². The highest BCUT2D eigenvalue weighted by molar-refractivity contribution is 7.17. The van der Waals surface area contributed by atoms with Gasteiger partial charge in [0.2, 0.25) is 41.2 Å². The summed E-state index contributed by atoms with van der Waals surface area (Å²) in [7, 11) is 7.90. The van der Waals surface area contributed by atoms with E-state index < -0.39 is 66.0 Å². The number of rotatable bonds is 50. The molecule has 0 radical (unpaired) electrons.